The van der Waals surface area contributed by atoms with Gasteiger partial charge in [-0.15, -0.1) is 5.10 Å². The largest absolute Gasteiger partial charge is 0.496 e. The van der Waals surface area contributed by atoms with E-state index in [1.165, 1.54) is 14.2 Å². The smallest absolute Gasteiger partial charge is 0.252 e. The van der Waals surface area contributed by atoms with Crippen LogP contribution in [0.25, 0.3) is 11.3 Å². The van der Waals surface area contributed by atoms with Crippen molar-refractivity contribution in [3.63, 3.8) is 0 Å². The van der Waals surface area contributed by atoms with Crippen LogP contribution in [0.4, 0.5) is 0 Å². The lowest BCUT2D eigenvalue weighted by atomic mass is 9.98. The molecule has 1 unspecified atom stereocenters. The molecular formula is C26H42N4O10. The number of nitrogens with one attached hydrogen (secondary N) is 1. The van der Waals surface area contributed by atoms with Crippen molar-refractivity contribution in [2.24, 2.45) is 0 Å². The maximum absolute atomic E-state index is 12.5. The molecule has 3 rings (SSSR count). The van der Waals surface area contributed by atoms with Crippen molar-refractivity contribution in [1.82, 2.24) is 20.3 Å². The second-order valence-electron chi connectivity index (χ2n) is 8.51. The number of rotatable bonds is 17. The van der Waals surface area contributed by atoms with E-state index in [4.69, 9.17) is 33.2 Å². The average Bonchev–Trinajstić information content (AvgIpc) is 3.43. The molecular weight excluding hydrogens is 528 g/mol. The maximum atomic E-state index is 12.5. The zero-order chi connectivity index (χ0) is 28.0. The van der Waals surface area contributed by atoms with Crippen molar-refractivity contribution in [2.75, 3.05) is 67.5 Å². The van der Waals surface area contributed by atoms with Gasteiger partial charge in [0.1, 0.15) is 24.1 Å². The van der Waals surface area contributed by atoms with E-state index in [9.17, 15) is 15.0 Å². The van der Waals surface area contributed by atoms with Crippen LogP contribution >= 0.6 is 0 Å². The Bertz CT molecular complexity index is 994. The van der Waals surface area contributed by atoms with Crippen molar-refractivity contribution in [2.45, 2.75) is 44.7 Å². The lowest BCUT2D eigenvalue weighted by Crippen LogP contribution is -2.62. The van der Waals surface area contributed by atoms with Gasteiger partial charge in [0.2, 0.25) is 0 Å². The molecule has 1 fully saturated rings. The molecule has 14 nitrogen and oxygen atoms in total. The number of aromatic nitrogens is 3. The van der Waals surface area contributed by atoms with Crippen LogP contribution in [0.5, 0.6) is 5.75 Å². The van der Waals surface area contributed by atoms with Crippen molar-refractivity contribution in [3.05, 3.63) is 30.5 Å². The third-order valence-corrected chi connectivity index (χ3v) is 6.05. The lowest BCUT2D eigenvalue weighted by molar-refractivity contribution is -0.287. The third kappa shape index (κ3) is 9.17. The summed E-state index contributed by atoms with van der Waals surface area (Å²) in [6.45, 7) is 2.98. The van der Waals surface area contributed by atoms with Gasteiger partial charge >= 0.3 is 0 Å². The van der Waals surface area contributed by atoms with E-state index in [1.807, 2.05) is 24.3 Å². The van der Waals surface area contributed by atoms with E-state index in [-0.39, 0.29) is 20.6 Å². The topological polar surface area (TPSA) is 165 Å². The number of aliphatic hydroxyl groups is 2. The second-order valence-corrected chi connectivity index (χ2v) is 8.51. The van der Waals surface area contributed by atoms with E-state index in [0.717, 1.165) is 17.0 Å². The normalized spacial score (nSPS) is 22.5. The molecule has 3 N–H and O–H groups in total. The van der Waals surface area contributed by atoms with E-state index in [0.29, 0.717) is 39.6 Å². The van der Waals surface area contributed by atoms with Crippen LogP contribution in [-0.2, 0) is 39.8 Å². The average molecular weight is 571 g/mol. The van der Waals surface area contributed by atoms with Crippen LogP contribution in [0.3, 0.4) is 0 Å². The number of aliphatic hydroxyl groups excluding tert-OH is 2. The van der Waals surface area contributed by atoms with E-state index >= 15 is 0 Å². The van der Waals surface area contributed by atoms with Crippen LogP contribution in [0.1, 0.15) is 7.43 Å². The molecule has 0 bridgehead atoms. The standard InChI is InChI=1S/C25H38N4O10.CH4/c1-33-19-7-5-4-6-17(19)18-16-27-28-29(18)9-11-37-13-15-38-14-12-36-10-8-26-24(32)23-22(34-2)20(30)21(31)25(35-3)39-23;/h4-7,16,20-23,25,30-31H,8-15H2,1-3H3,(H,26,32);1H4/t20-,21+,22+,23?,25-;/m1./s1. The fourth-order valence-corrected chi connectivity index (χ4v) is 4.03. The third-order valence-electron chi connectivity index (χ3n) is 6.05. The molecule has 5 atom stereocenters. The number of para-hydroxylation sites is 1. The van der Waals surface area contributed by atoms with Gasteiger partial charge in [-0.1, -0.05) is 24.8 Å². The molecule has 0 radical (unpaired) electrons. The van der Waals surface area contributed by atoms with Crippen molar-refractivity contribution in [3.8, 4) is 17.0 Å². The molecule has 0 saturated carbocycles. The summed E-state index contributed by atoms with van der Waals surface area (Å²) < 4.78 is 39.3. The van der Waals surface area contributed by atoms with Gasteiger partial charge in [-0.05, 0) is 12.1 Å². The Morgan fingerprint density at radius 2 is 1.65 bits per heavy atom. The molecule has 1 aromatic heterocycles. The highest BCUT2D eigenvalue weighted by molar-refractivity contribution is 5.81. The van der Waals surface area contributed by atoms with Gasteiger partial charge in [-0.25, -0.2) is 4.68 Å². The highest BCUT2D eigenvalue weighted by Crippen LogP contribution is 2.28. The first-order valence-electron chi connectivity index (χ1n) is 12.6. The SMILES string of the molecule is C.COc1ccccc1-c1cnnn1CCOCCOCCOCCNC(=O)C1O[C@@H](OC)[C@@H](O)[C@@H](O)[C@@H]1OC. The summed E-state index contributed by atoms with van der Waals surface area (Å²) in [7, 11) is 4.26. The fourth-order valence-electron chi connectivity index (χ4n) is 4.03. The number of nitrogens with zero attached hydrogens (tertiary/aromatic N) is 3. The Hall–Kier alpha value is -2.69. The van der Waals surface area contributed by atoms with E-state index in [1.54, 1.807) is 18.0 Å². The van der Waals surface area contributed by atoms with Crippen LogP contribution in [-0.4, -0.2) is 129 Å². The quantitative estimate of drug-likeness (QED) is 0.216. The van der Waals surface area contributed by atoms with Crippen molar-refractivity contribution < 1.29 is 48.2 Å². The number of hydrogen-bond acceptors (Lipinski definition) is 12. The minimum atomic E-state index is -1.33. The Labute approximate surface area is 234 Å². The molecule has 2 aromatic rings. The summed E-state index contributed by atoms with van der Waals surface area (Å²) in [5.41, 5.74) is 1.76. The summed E-state index contributed by atoms with van der Waals surface area (Å²) in [5, 5.41) is 30.9. The summed E-state index contributed by atoms with van der Waals surface area (Å²) in [4.78, 5) is 12.5. The van der Waals surface area contributed by atoms with Crippen molar-refractivity contribution in [1.29, 1.82) is 0 Å². The van der Waals surface area contributed by atoms with Crippen molar-refractivity contribution >= 4 is 5.91 Å². The molecule has 0 spiro atoms. The predicted molar refractivity (Wildman–Crippen MR) is 143 cm³/mol. The van der Waals surface area contributed by atoms with E-state index < -0.39 is 36.6 Å². The van der Waals surface area contributed by atoms with Crippen LogP contribution in [0, 0.1) is 0 Å². The van der Waals surface area contributed by atoms with Gasteiger partial charge in [0, 0.05) is 26.3 Å². The summed E-state index contributed by atoms with van der Waals surface area (Å²) in [6, 6.07) is 7.68. The molecule has 1 aliphatic heterocycles. The van der Waals surface area contributed by atoms with Gasteiger partial charge in [-0.3, -0.25) is 4.79 Å². The number of carbonyl (C=O) groups excluding carboxylic acids is 1. The fraction of sp³-hybridized carbons (Fsp3) is 0.654. The van der Waals surface area contributed by atoms with Crippen LogP contribution in [0.2, 0.25) is 0 Å². The summed E-state index contributed by atoms with van der Waals surface area (Å²) in [6.07, 6.45) is -4.28. The van der Waals surface area contributed by atoms with Gasteiger partial charge < -0.3 is 48.7 Å². The number of benzene rings is 1. The minimum absolute atomic E-state index is 0. The van der Waals surface area contributed by atoms with Crippen LogP contribution in [0.15, 0.2) is 30.5 Å². The number of hydrogen-bond donors (Lipinski definition) is 3. The number of carbonyl (C=O) groups is 1. The molecule has 14 heteroatoms. The summed E-state index contributed by atoms with van der Waals surface area (Å²) >= 11 is 0. The summed E-state index contributed by atoms with van der Waals surface area (Å²) in [5.74, 6) is 0.242. The molecule has 1 amide bonds. The lowest BCUT2D eigenvalue weighted by Gasteiger charge is -2.40. The Morgan fingerprint density at radius 3 is 2.33 bits per heavy atom. The van der Waals surface area contributed by atoms with Gasteiger partial charge in [0.05, 0.1) is 65.2 Å². The predicted octanol–water partition coefficient (Wildman–Crippen LogP) is -0.136. The first kappa shape index (κ1) is 33.5. The highest BCUT2D eigenvalue weighted by Gasteiger charge is 2.48. The Morgan fingerprint density at radius 1 is 0.975 bits per heavy atom. The minimum Gasteiger partial charge on any atom is -0.496 e. The number of ether oxygens (including phenoxy) is 7. The number of amides is 1. The zero-order valence-electron chi connectivity index (χ0n) is 22.4. The monoisotopic (exact) mass is 570 g/mol. The highest BCUT2D eigenvalue weighted by atomic mass is 16.7. The molecule has 40 heavy (non-hydrogen) atoms. The molecule has 1 saturated heterocycles. The zero-order valence-corrected chi connectivity index (χ0v) is 22.4. The molecule has 2 heterocycles. The first-order valence-corrected chi connectivity index (χ1v) is 12.6. The number of methoxy groups -OCH3 is 3. The molecule has 226 valence electrons. The molecule has 1 aliphatic rings. The van der Waals surface area contributed by atoms with Crippen LogP contribution < -0.4 is 10.1 Å². The first-order chi connectivity index (χ1) is 19.0. The van der Waals surface area contributed by atoms with Gasteiger partial charge in [-0.2, -0.15) is 0 Å². The van der Waals surface area contributed by atoms with E-state index in [2.05, 4.69) is 15.6 Å². The maximum Gasteiger partial charge on any atom is 0.252 e. The second kappa shape index (κ2) is 17.9. The van der Waals surface area contributed by atoms with Gasteiger partial charge in [0.25, 0.3) is 5.91 Å². The molecule has 0 aliphatic carbocycles. The van der Waals surface area contributed by atoms with Gasteiger partial charge in [0.15, 0.2) is 12.4 Å². The molecule has 1 aromatic carbocycles. The Balaban J connectivity index is 0.00000560. The Kier molecular flexibility index (Phi) is 15.0.